The molecule has 2 aromatic carbocycles. The number of esters is 1. The lowest BCUT2D eigenvalue weighted by molar-refractivity contribution is -0.156. The number of benzene rings is 2. The van der Waals surface area contributed by atoms with Crippen LogP contribution in [0.3, 0.4) is 0 Å². The zero-order chi connectivity index (χ0) is 24.1. The van der Waals surface area contributed by atoms with E-state index in [1.807, 2.05) is 20.8 Å². The van der Waals surface area contributed by atoms with Crippen molar-refractivity contribution >= 4 is 24.7 Å². The zero-order valence-corrected chi connectivity index (χ0v) is 22.1. The minimum absolute atomic E-state index is 0.00991. The Labute approximate surface area is 200 Å². The Hall–Kier alpha value is -1.95. The van der Waals surface area contributed by atoms with E-state index in [9.17, 15) is 4.79 Å². The van der Waals surface area contributed by atoms with Crippen LogP contribution >= 0.6 is 0 Å². The van der Waals surface area contributed by atoms with Gasteiger partial charge in [0.1, 0.15) is 5.60 Å². The quantitative estimate of drug-likeness (QED) is 0.281. The van der Waals surface area contributed by atoms with Gasteiger partial charge in [-0.05, 0) is 54.4 Å². The van der Waals surface area contributed by atoms with Gasteiger partial charge < -0.3 is 13.9 Å². The van der Waals surface area contributed by atoms with E-state index in [1.165, 1.54) is 10.4 Å². The second-order valence-corrected chi connectivity index (χ2v) is 15.4. The van der Waals surface area contributed by atoms with Crippen LogP contribution in [0.1, 0.15) is 54.4 Å². The molecular formula is C28H40O4Si. The zero-order valence-electron chi connectivity index (χ0n) is 21.1. The number of rotatable bonds is 10. The van der Waals surface area contributed by atoms with E-state index in [-0.39, 0.29) is 11.0 Å². The molecule has 0 radical (unpaired) electrons. The second-order valence-electron chi connectivity index (χ2n) is 11.1. The van der Waals surface area contributed by atoms with Gasteiger partial charge in [-0.2, -0.15) is 0 Å². The molecule has 2 atom stereocenters. The second kappa shape index (κ2) is 10.5. The molecule has 0 unspecified atom stereocenters. The van der Waals surface area contributed by atoms with Crippen LogP contribution in [-0.4, -0.2) is 39.7 Å². The monoisotopic (exact) mass is 468 g/mol. The van der Waals surface area contributed by atoms with Crippen molar-refractivity contribution in [3.63, 3.8) is 0 Å². The Bertz CT molecular complexity index is 844. The molecule has 1 aliphatic carbocycles. The average molecular weight is 469 g/mol. The van der Waals surface area contributed by atoms with Crippen molar-refractivity contribution in [3.8, 4) is 0 Å². The fourth-order valence-electron chi connectivity index (χ4n) is 4.49. The third-order valence-electron chi connectivity index (χ3n) is 6.20. The predicted octanol–water partition coefficient (Wildman–Crippen LogP) is 4.95. The van der Waals surface area contributed by atoms with Gasteiger partial charge in [0.15, 0.2) is 0 Å². The average Bonchev–Trinajstić information content (AvgIpc) is 3.49. The maximum absolute atomic E-state index is 11.8. The molecule has 0 aliphatic heterocycles. The summed E-state index contributed by atoms with van der Waals surface area (Å²) >= 11 is 0. The molecule has 0 saturated heterocycles. The van der Waals surface area contributed by atoms with Crippen LogP contribution in [0.15, 0.2) is 60.7 Å². The molecule has 1 aliphatic rings. The summed E-state index contributed by atoms with van der Waals surface area (Å²) in [6.07, 6.45) is 1.41. The molecule has 1 fully saturated rings. The maximum Gasteiger partial charge on any atom is 0.308 e. The molecule has 180 valence electrons. The summed E-state index contributed by atoms with van der Waals surface area (Å²) < 4.78 is 18.2. The van der Waals surface area contributed by atoms with Gasteiger partial charge in [0.05, 0.1) is 13.0 Å². The van der Waals surface area contributed by atoms with Crippen LogP contribution in [0.2, 0.25) is 5.04 Å². The van der Waals surface area contributed by atoms with Crippen LogP contribution in [0.4, 0.5) is 0 Å². The molecule has 0 aromatic heterocycles. The normalized spacial score (nSPS) is 18.7. The summed E-state index contributed by atoms with van der Waals surface area (Å²) in [5.74, 6) is 0.805. The van der Waals surface area contributed by atoms with Gasteiger partial charge in [0.2, 0.25) is 0 Å². The number of carbonyl (C=O) groups is 1. The molecule has 5 heteroatoms. The Morgan fingerprint density at radius 2 is 1.36 bits per heavy atom. The Morgan fingerprint density at radius 1 is 0.848 bits per heavy atom. The minimum atomic E-state index is -2.48. The van der Waals surface area contributed by atoms with Crippen molar-refractivity contribution in [2.75, 3.05) is 19.8 Å². The fraction of sp³-hybridized carbons (Fsp3) is 0.536. The molecule has 0 amide bonds. The van der Waals surface area contributed by atoms with Crippen molar-refractivity contribution in [1.29, 1.82) is 0 Å². The first-order valence-corrected chi connectivity index (χ1v) is 14.0. The fourth-order valence-corrected chi connectivity index (χ4v) is 9.11. The van der Waals surface area contributed by atoms with Gasteiger partial charge >= 0.3 is 5.97 Å². The van der Waals surface area contributed by atoms with Crippen LogP contribution in [-0.2, 0) is 18.7 Å². The van der Waals surface area contributed by atoms with E-state index >= 15 is 0 Å². The van der Waals surface area contributed by atoms with Gasteiger partial charge in [-0.1, -0.05) is 81.4 Å². The molecular weight excluding hydrogens is 428 g/mol. The van der Waals surface area contributed by atoms with Crippen LogP contribution in [0, 0.1) is 11.8 Å². The van der Waals surface area contributed by atoms with E-state index < -0.39 is 13.9 Å². The van der Waals surface area contributed by atoms with Gasteiger partial charge in [0.25, 0.3) is 8.32 Å². The van der Waals surface area contributed by atoms with Crippen molar-refractivity contribution in [1.82, 2.24) is 0 Å². The molecule has 2 aromatic rings. The van der Waals surface area contributed by atoms with E-state index in [0.717, 1.165) is 13.0 Å². The van der Waals surface area contributed by atoms with Crippen LogP contribution < -0.4 is 10.4 Å². The third-order valence-corrected chi connectivity index (χ3v) is 11.2. The summed E-state index contributed by atoms with van der Waals surface area (Å²) in [7, 11) is -2.48. The lowest BCUT2D eigenvalue weighted by Gasteiger charge is -2.43. The van der Waals surface area contributed by atoms with Crippen LogP contribution in [0.25, 0.3) is 0 Å². The smallest absolute Gasteiger partial charge is 0.308 e. The number of carbonyl (C=O) groups excluding carboxylic acids is 1. The number of hydrogen-bond donors (Lipinski definition) is 0. The lowest BCUT2D eigenvalue weighted by atomic mass is 10.2. The highest BCUT2D eigenvalue weighted by Crippen LogP contribution is 2.42. The maximum atomic E-state index is 11.8. The summed E-state index contributed by atoms with van der Waals surface area (Å²) in [6, 6.07) is 21.5. The highest BCUT2D eigenvalue weighted by molar-refractivity contribution is 6.99. The van der Waals surface area contributed by atoms with E-state index in [4.69, 9.17) is 13.9 Å². The molecule has 0 N–H and O–H groups in total. The molecule has 0 bridgehead atoms. The van der Waals surface area contributed by atoms with Gasteiger partial charge in [-0.3, -0.25) is 4.79 Å². The Morgan fingerprint density at radius 3 is 1.85 bits per heavy atom. The lowest BCUT2D eigenvalue weighted by Crippen LogP contribution is -2.66. The number of ether oxygens (including phenoxy) is 2. The van der Waals surface area contributed by atoms with E-state index in [1.54, 1.807) is 0 Å². The van der Waals surface area contributed by atoms with Gasteiger partial charge in [-0.25, -0.2) is 0 Å². The molecule has 0 heterocycles. The first-order chi connectivity index (χ1) is 15.5. The largest absolute Gasteiger partial charge is 0.460 e. The molecule has 0 spiro atoms. The summed E-state index contributed by atoms with van der Waals surface area (Å²) in [6.45, 7) is 14.4. The summed E-state index contributed by atoms with van der Waals surface area (Å²) in [5.41, 5.74) is -0.447. The molecule has 3 rings (SSSR count). The highest BCUT2D eigenvalue weighted by Gasteiger charge is 2.51. The Kier molecular flexibility index (Phi) is 8.20. The van der Waals surface area contributed by atoms with Crippen molar-refractivity contribution in [2.45, 2.75) is 65.0 Å². The summed E-state index contributed by atoms with van der Waals surface area (Å²) in [4.78, 5) is 11.8. The standard InChI is InChI=1S/C28H40O4Si/c1-27(2,3)32-26(29)17-18-30-20-22-19-23(22)21-31-33(28(4,5)6,24-13-9-7-10-14-24)25-15-11-8-12-16-25/h7-16,22-23H,17-21H2,1-6H3/t22-,23-/m0/s1. The molecule has 4 nitrogen and oxygen atoms in total. The van der Waals surface area contributed by atoms with Crippen molar-refractivity contribution in [2.24, 2.45) is 11.8 Å². The molecule has 33 heavy (non-hydrogen) atoms. The SMILES string of the molecule is CC(C)(C)OC(=O)CCOC[C@@H]1C[C@H]1CO[Si](c1ccccc1)(c1ccccc1)C(C)(C)C. The third kappa shape index (κ3) is 6.78. The minimum Gasteiger partial charge on any atom is -0.460 e. The van der Waals surface area contributed by atoms with E-state index in [2.05, 4.69) is 81.4 Å². The first kappa shape index (κ1) is 25.7. The van der Waals surface area contributed by atoms with Crippen molar-refractivity contribution < 1.29 is 18.7 Å². The van der Waals surface area contributed by atoms with Gasteiger partial charge in [-0.15, -0.1) is 0 Å². The van der Waals surface area contributed by atoms with Crippen LogP contribution in [0.5, 0.6) is 0 Å². The van der Waals surface area contributed by atoms with E-state index in [0.29, 0.717) is 31.5 Å². The first-order valence-electron chi connectivity index (χ1n) is 12.1. The highest BCUT2D eigenvalue weighted by atomic mass is 28.4. The topological polar surface area (TPSA) is 44.8 Å². The van der Waals surface area contributed by atoms with Crippen molar-refractivity contribution in [3.05, 3.63) is 60.7 Å². The van der Waals surface area contributed by atoms with Gasteiger partial charge in [0, 0.05) is 13.2 Å². The number of hydrogen-bond acceptors (Lipinski definition) is 4. The predicted molar refractivity (Wildman–Crippen MR) is 136 cm³/mol. The molecule has 1 saturated carbocycles. The summed E-state index contributed by atoms with van der Waals surface area (Å²) in [5, 5.41) is 2.62. The Balaban J connectivity index is 1.60.